The van der Waals surface area contributed by atoms with E-state index >= 15 is 0 Å². The largest absolute Gasteiger partial charge is 0.328 e. The number of anilines is 1. The molecule has 2 amide bonds. The second-order valence-electron chi connectivity index (χ2n) is 7.54. The summed E-state index contributed by atoms with van der Waals surface area (Å²) in [7, 11) is 0. The first-order valence-corrected chi connectivity index (χ1v) is 12.4. The summed E-state index contributed by atoms with van der Waals surface area (Å²) < 4.78 is 1.97. The lowest BCUT2D eigenvalue weighted by Crippen LogP contribution is -2.32. The Morgan fingerprint density at radius 2 is 1.82 bits per heavy atom. The molecule has 0 spiro atoms. The average Bonchev–Trinajstić information content (AvgIpc) is 3.45. The summed E-state index contributed by atoms with van der Waals surface area (Å²) in [5, 5.41) is 13.1. The summed E-state index contributed by atoms with van der Waals surface area (Å²) in [4.78, 5) is 27.4. The van der Waals surface area contributed by atoms with Crippen molar-refractivity contribution in [2.45, 2.75) is 37.5 Å². The third kappa shape index (κ3) is 5.18. The molecule has 0 aliphatic carbocycles. The lowest BCUT2D eigenvalue weighted by molar-refractivity contribution is -0.113. The molecule has 1 atom stereocenters. The van der Waals surface area contributed by atoms with E-state index in [0.29, 0.717) is 39.5 Å². The number of halogens is 2. The van der Waals surface area contributed by atoms with E-state index < -0.39 is 0 Å². The van der Waals surface area contributed by atoms with Gasteiger partial charge in [-0.3, -0.25) is 9.59 Å². The van der Waals surface area contributed by atoms with Crippen LogP contribution >= 0.6 is 35.0 Å². The van der Waals surface area contributed by atoms with Gasteiger partial charge in [-0.2, -0.15) is 0 Å². The Bertz CT molecular complexity index is 1170. The van der Waals surface area contributed by atoms with Crippen LogP contribution in [0.15, 0.2) is 53.7 Å². The van der Waals surface area contributed by atoms with E-state index in [4.69, 9.17) is 23.2 Å². The topological polar surface area (TPSA) is 80.1 Å². The minimum atomic E-state index is -0.187. The normalized spacial score (nSPS) is 15.6. The molecule has 1 aliphatic rings. The third-order valence-electron chi connectivity index (χ3n) is 5.46. The minimum Gasteiger partial charge on any atom is -0.328 e. The highest BCUT2D eigenvalue weighted by Crippen LogP contribution is 2.34. The fraction of sp³-hybridized carbons (Fsp3) is 0.304. The highest BCUT2D eigenvalue weighted by Gasteiger charge is 2.35. The van der Waals surface area contributed by atoms with Gasteiger partial charge in [0, 0.05) is 13.1 Å². The molecule has 2 aromatic carbocycles. The molecule has 1 aromatic heterocycles. The maximum Gasteiger partial charge on any atom is 0.255 e. The van der Waals surface area contributed by atoms with Crippen LogP contribution in [0.2, 0.25) is 10.0 Å². The maximum absolute atomic E-state index is 13.2. The number of nitrogens with zero attached hydrogens (tertiary/aromatic N) is 4. The lowest BCUT2D eigenvalue weighted by Gasteiger charge is -2.25. The Labute approximate surface area is 206 Å². The third-order valence-corrected chi connectivity index (χ3v) is 7.08. The van der Waals surface area contributed by atoms with E-state index in [2.05, 4.69) is 15.5 Å². The molecule has 1 N–H and O–H groups in total. The van der Waals surface area contributed by atoms with Crippen LogP contribution in [0.3, 0.4) is 0 Å². The molecule has 0 saturated carbocycles. The zero-order valence-corrected chi connectivity index (χ0v) is 20.3. The fourth-order valence-electron chi connectivity index (χ4n) is 3.90. The highest BCUT2D eigenvalue weighted by molar-refractivity contribution is 7.99. The zero-order valence-electron chi connectivity index (χ0n) is 18.0. The number of aromatic nitrogens is 3. The second-order valence-corrected chi connectivity index (χ2v) is 9.30. The number of hydrogen-bond donors (Lipinski definition) is 1. The number of para-hydroxylation sites is 1. The van der Waals surface area contributed by atoms with Crippen molar-refractivity contribution in [2.75, 3.05) is 17.6 Å². The minimum absolute atomic E-state index is 0.109. The molecule has 7 nitrogen and oxygen atoms in total. The Morgan fingerprint density at radius 3 is 2.55 bits per heavy atom. The van der Waals surface area contributed by atoms with Crippen molar-refractivity contribution in [3.05, 3.63) is 70.0 Å². The lowest BCUT2D eigenvalue weighted by atomic mass is 10.1. The average molecular weight is 504 g/mol. The number of carbonyl (C=O) groups excluding carboxylic acids is 2. The molecule has 4 rings (SSSR count). The van der Waals surface area contributed by atoms with Crippen molar-refractivity contribution < 1.29 is 9.59 Å². The molecule has 0 bridgehead atoms. The van der Waals surface area contributed by atoms with E-state index in [-0.39, 0.29) is 23.6 Å². The quantitative estimate of drug-likeness (QED) is 0.441. The Kier molecular flexibility index (Phi) is 7.57. The number of carbonyl (C=O) groups is 2. The number of hydrogen-bond acceptors (Lipinski definition) is 5. The monoisotopic (exact) mass is 503 g/mol. The predicted molar refractivity (Wildman–Crippen MR) is 131 cm³/mol. The first kappa shape index (κ1) is 23.6. The molecule has 1 fully saturated rings. The van der Waals surface area contributed by atoms with Crippen LogP contribution in [-0.2, 0) is 11.3 Å². The van der Waals surface area contributed by atoms with Crippen molar-refractivity contribution in [3.63, 3.8) is 0 Å². The molecule has 33 heavy (non-hydrogen) atoms. The van der Waals surface area contributed by atoms with Gasteiger partial charge in [-0.15, -0.1) is 10.2 Å². The smallest absolute Gasteiger partial charge is 0.255 e. The van der Waals surface area contributed by atoms with Crippen molar-refractivity contribution in [1.29, 1.82) is 0 Å². The fourth-order valence-corrected chi connectivity index (χ4v) is 5.11. The SMILES string of the molecule is CCn1c(SCC(=O)Nc2ccccc2Cl)nnc1C1CCCN1C(=O)c1ccccc1Cl. The molecule has 172 valence electrons. The van der Waals surface area contributed by atoms with Crippen molar-refractivity contribution in [1.82, 2.24) is 19.7 Å². The number of amides is 2. The zero-order chi connectivity index (χ0) is 23.4. The molecule has 2 heterocycles. The first-order chi connectivity index (χ1) is 16.0. The van der Waals surface area contributed by atoms with Crippen molar-refractivity contribution in [2.24, 2.45) is 0 Å². The van der Waals surface area contributed by atoms with Gasteiger partial charge in [0.25, 0.3) is 5.91 Å². The van der Waals surface area contributed by atoms with Crippen molar-refractivity contribution in [3.8, 4) is 0 Å². The molecular formula is C23H23Cl2N5O2S. The van der Waals surface area contributed by atoms with Gasteiger partial charge in [0.15, 0.2) is 11.0 Å². The second kappa shape index (κ2) is 10.6. The van der Waals surface area contributed by atoms with Crippen LogP contribution in [0.25, 0.3) is 0 Å². The summed E-state index contributed by atoms with van der Waals surface area (Å²) in [5.74, 6) is 0.596. The molecule has 0 radical (unpaired) electrons. The highest BCUT2D eigenvalue weighted by atomic mass is 35.5. The van der Waals surface area contributed by atoms with Gasteiger partial charge in [-0.1, -0.05) is 59.2 Å². The number of thioether (sulfide) groups is 1. The van der Waals surface area contributed by atoms with E-state index in [0.717, 1.165) is 18.7 Å². The summed E-state index contributed by atoms with van der Waals surface area (Å²) >= 11 is 13.7. The Hall–Kier alpha value is -2.55. The molecule has 10 heteroatoms. The molecule has 1 aliphatic heterocycles. The van der Waals surface area contributed by atoms with Crippen LogP contribution in [0.1, 0.15) is 42.0 Å². The van der Waals surface area contributed by atoms with Crippen LogP contribution in [0.4, 0.5) is 5.69 Å². The van der Waals surface area contributed by atoms with Gasteiger partial charge in [0.05, 0.1) is 33.1 Å². The van der Waals surface area contributed by atoms with Gasteiger partial charge < -0.3 is 14.8 Å². The number of rotatable bonds is 7. The van der Waals surface area contributed by atoms with Gasteiger partial charge >= 0.3 is 0 Å². The van der Waals surface area contributed by atoms with Gasteiger partial charge in [0.2, 0.25) is 5.91 Å². The van der Waals surface area contributed by atoms with Crippen LogP contribution in [0.5, 0.6) is 0 Å². The number of likely N-dealkylation sites (tertiary alicyclic amines) is 1. The van der Waals surface area contributed by atoms with E-state index in [1.165, 1.54) is 11.8 Å². The summed E-state index contributed by atoms with van der Waals surface area (Å²) in [5.41, 5.74) is 1.06. The summed E-state index contributed by atoms with van der Waals surface area (Å²) in [6.45, 7) is 3.26. The Morgan fingerprint density at radius 1 is 1.09 bits per heavy atom. The summed E-state index contributed by atoms with van der Waals surface area (Å²) in [6.07, 6.45) is 1.67. The molecular weight excluding hydrogens is 481 g/mol. The van der Waals surface area contributed by atoms with Crippen LogP contribution < -0.4 is 5.32 Å². The maximum atomic E-state index is 13.2. The van der Waals surface area contributed by atoms with E-state index in [9.17, 15) is 9.59 Å². The summed E-state index contributed by atoms with van der Waals surface area (Å²) in [6, 6.07) is 14.0. The van der Waals surface area contributed by atoms with E-state index in [1.54, 1.807) is 42.5 Å². The van der Waals surface area contributed by atoms with Crippen LogP contribution in [0, 0.1) is 0 Å². The standard InChI is InChI=1S/C23H23Cl2N5O2S/c1-2-29-21(19-12-7-13-30(19)22(32)15-8-3-4-9-16(15)24)27-28-23(29)33-14-20(31)26-18-11-6-5-10-17(18)25/h3-6,8-11,19H,2,7,12-14H2,1H3,(H,26,31). The van der Waals surface area contributed by atoms with Crippen molar-refractivity contribution >= 4 is 52.5 Å². The number of nitrogens with one attached hydrogen (secondary N) is 1. The van der Waals surface area contributed by atoms with Gasteiger partial charge in [-0.25, -0.2) is 0 Å². The van der Waals surface area contributed by atoms with Crippen LogP contribution in [-0.4, -0.2) is 43.8 Å². The van der Waals surface area contributed by atoms with Gasteiger partial charge in [0.1, 0.15) is 0 Å². The first-order valence-electron chi connectivity index (χ1n) is 10.6. The van der Waals surface area contributed by atoms with Gasteiger partial charge in [-0.05, 0) is 44.0 Å². The number of benzene rings is 2. The molecule has 3 aromatic rings. The molecule has 1 saturated heterocycles. The van der Waals surface area contributed by atoms with E-state index in [1.807, 2.05) is 22.5 Å². The predicted octanol–water partition coefficient (Wildman–Crippen LogP) is 5.31. The molecule has 1 unspecified atom stereocenters. The Balaban J connectivity index is 1.47.